The number of carbonyl (C=O) groups excluding carboxylic acids is 1. The molecule has 1 amide bonds. The van der Waals surface area contributed by atoms with Crippen LogP contribution < -0.4 is 10.9 Å². The second-order valence-corrected chi connectivity index (χ2v) is 4.29. The van der Waals surface area contributed by atoms with Crippen molar-refractivity contribution in [1.29, 1.82) is 0 Å². The van der Waals surface area contributed by atoms with E-state index in [1.165, 1.54) is 6.07 Å². The molecule has 16 heavy (non-hydrogen) atoms. The van der Waals surface area contributed by atoms with Gasteiger partial charge in [-0.25, -0.2) is 9.82 Å². The average Bonchev–Trinajstić information content (AvgIpc) is 2.22. The van der Waals surface area contributed by atoms with Gasteiger partial charge in [0, 0.05) is 7.05 Å². The highest BCUT2D eigenvalue weighted by molar-refractivity contribution is 5.86. The second-order valence-electron chi connectivity index (χ2n) is 4.29. The maximum absolute atomic E-state index is 13.1. The van der Waals surface area contributed by atoms with Crippen LogP contribution in [-0.2, 0) is 10.2 Å². The normalized spacial score (nSPS) is 11.3. The standard InChI is InChI=1S/C12H17FN2O/c1-8-7-9(5-6-10(8)13)12(2,3)11(16)15-14-4/h5-7,14H,1-4H3,(H,15,16). The van der Waals surface area contributed by atoms with Crippen molar-refractivity contribution in [2.24, 2.45) is 0 Å². The number of halogens is 1. The predicted octanol–water partition coefficient (Wildman–Crippen LogP) is 1.66. The van der Waals surface area contributed by atoms with Gasteiger partial charge in [-0.15, -0.1) is 0 Å². The molecule has 0 bridgehead atoms. The maximum atomic E-state index is 13.1. The number of amides is 1. The van der Waals surface area contributed by atoms with Gasteiger partial charge in [-0.2, -0.15) is 0 Å². The molecule has 0 heterocycles. The van der Waals surface area contributed by atoms with E-state index in [4.69, 9.17) is 0 Å². The van der Waals surface area contributed by atoms with Gasteiger partial charge in [0.05, 0.1) is 5.41 Å². The number of rotatable bonds is 3. The molecule has 0 saturated carbocycles. The monoisotopic (exact) mass is 224 g/mol. The summed E-state index contributed by atoms with van der Waals surface area (Å²) in [6, 6.07) is 4.72. The summed E-state index contributed by atoms with van der Waals surface area (Å²) in [6.07, 6.45) is 0. The van der Waals surface area contributed by atoms with Gasteiger partial charge in [-0.05, 0) is 38.0 Å². The van der Waals surface area contributed by atoms with Gasteiger partial charge in [0.25, 0.3) is 0 Å². The Morgan fingerprint density at radius 3 is 2.50 bits per heavy atom. The van der Waals surface area contributed by atoms with Crippen molar-refractivity contribution in [2.75, 3.05) is 7.05 Å². The quantitative estimate of drug-likeness (QED) is 0.767. The van der Waals surface area contributed by atoms with Crippen molar-refractivity contribution in [3.05, 3.63) is 35.1 Å². The molecule has 1 aromatic carbocycles. The zero-order valence-electron chi connectivity index (χ0n) is 10.0. The minimum atomic E-state index is -0.693. The van der Waals surface area contributed by atoms with Gasteiger partial charge in [0.15, 0.2) is 0 Å². The summed E-state index contributed by atoms with van der Waals surface area (Å²) >= 11 is 0. The van der Waals surface area contributed by atoms with Gasteiger partial charge in [-0.1, -0.05) is 12.1 Å². The van der Waals surface area contributed by atoms with Crippen LogP contribution in [0.2, 0.25) is 0 Å². The van der Waals surface area contributed by atoms with Crippen LogP contribution in [0.1, 0.15) is 25.0 Å². The fourth-order valence-electron chi connectivity index (χ4n) is 1.43. The van der Waals surface area contributed by atoms with Crippen LogP contribution in [0.5, 0.6) is 0 Å². The summed E-state index contributed by atoms with van der Waals surface area (Å²) in [6.45, 7) is 5.28. The minimum absolute atomic E-state index is 0.152. The number of nitrogens with one attached hydrogen (secondary N) is 2. The largest absolute Gasteiger partial charge is 0.291 e. The van der Waals surface area contributed by atoms with Gasteiger partial charge in [0.1, 0.15) is 5.82 Å². The zero-order valence-corrected chi connectivity index (χ0v) is 10.0. The SMILES string of the molecule is CNNC(=O)C(C)(C)c1ccc(F)c(C)c1. The molecule has 0 spiro atoms. The molecule has 4 heteroatoms. The fourth-order valence-corrected chi connectivity index (χ4v) is 1.43. The molecule has 1 rings (SSSR count). The van der Waals surface area contributed by atoms with Gasteiger partial charge >= 0.3 is 0 Å². The highest BCUT2D eigenvalue weighted by atomic mass is 19.1. The highest BCUT2D eigenvalue weighted by Crippen LogP contribution is 2.24. The third kappa shape index (κ3) is 2.39. The molecule has 0 aliphatic carbocycles. The molecule has 1 aromatic rings. The van der Waals surface area contributed by atoms with E-state index in [0.717, 1.165) is 5.56 Å². The van der Waals surface area contributed by atoms with Crippen LogP contribution in [0.15, 0.2) is 18.2 Å². The summed E-state index contributed by atoms with van der Waals surface area (Å²) < 4.78 is 13.1. The summed E-state index contributed by atoms with van der Waals surface area (Å²) in [4.78, 5) is 11.8. The molecular formula is C12H17FN2O. The summed E-state index contributed by atoms with van der Waals surface area (Å²) in [5, 5.41) is 0. The first kappa shape index (κ1) is 12.6. The van der Waals surface area contributed by atoms with Gasteiger partial charge < -0.3 is 0 Å². The van der Waals surface area contributed by atoms with Crippen molar-refractivity contribution < 1.29 is 9.18 Å². The Kier molecular flexibility index (Phi) is 3.65. The maximum Gasteiger partial charge on any atom is 0.244 e. The highest BCUT2D eigenvalue weighted by Gasteiger charge is 2.29. The number of carbonyl (C=O) groups is 1. The Bertz CT molecular complexity index is 402. The second kappa shape index (κ2) is 4.61. The third-order valence-electron chi connectivity index (χ3n) is 2.69. The van der Waals surface area contributed by atoms with E-state index < -0.39 is 5.41 Å². The summed E-state index contributed by atoms with van der Waals surface area (Å²) in [5.74, 6) is -0.408. The third-order valence-corrected chi connectivity index (χ3v) is 2.69. The smallest absolute Gasteiger partial charge is 0.244 e. The molecule has 0 saturated heterocycles. The predicted molar refractivity (Wildman–Crippen MR) is 61.4 cm³/mol. The molecule has 2 N–H and O–H groups in total. The number of aryl methyl sites for hydroxylation is 1. The molecule has 0 aliphatic heterocycles. The fraction of sp³-hybridized carbons (Fsp3) is 0.417. The number of hydrogen-bond donors (Lipinski definition) is 2. The van der Waals surface area contributed by atoms with Gasteiger partial charge in [-0.3, -0.25) is 10.2 Å². The molecule has 0 aliphatic rings. The lowest BCUT2D eigenvalue weighted by Gasteiger charge is -2.24. The Balaban J connectivity index is 3.06. The van der Waals surface area contributed by atoms with E-state index in [0.29, 0.717) is 5.56 Å². The van der Waals surface area contributed by atoms with E-state index in [-0.39, 0.29) is 11.7 Å². The van der Waals surface area contributed by atoms with Crippen molar-refractivity contribution in [1.82, 2.24) is 10.9 Å². The van der Waals surface area contributed by atoms with Crippen molar-refractivity contribution in [2.45, 2.75) is 26.2 Å². The van der Waals surface area contributed by atoms with E-state index in [9.17, 15) is 9.18 Å². The van der Waals surface area contributed by atoms with Crippen molar-refractivity contribution in [3.63, 3.8) is 0 Å². The Labute approximate surface area is 95.0 Å². The Morgan fingerprint density at radius 1 is 1.38 bits per heavy atom. The van der Waals surface area contributed by atoms with E-state index in [2.05, 4.69) is 10.9 Å². The van der Waals surface area contributed by atoms with Crippen LogP contribution in [-0.4, -0.2) is 13.0 Å². The molecule has 0 aromatic heterocycles. The molecule has 0 unspecified atom stereocenters. The molecular weight excluding hydrogens is 207 g/mol. The lowest BCUT2D eigenvalue weighted by atomic mass is 9.83. The lowest BCUT2D eigenvalue weighted by molar-refractivity contribution is -0.126. The van der Waals surface area contributed by atoms with Crippen LogP contribution in [0.3, 0.4) is 0 Å². The van der Waals surface area contributed by atoms with Crippen LogP contribution in [0.4, 0.5) is 4.39 Å². The van der Waals surface area contributed by atoms with Crippen molar-refractivity contribution >= 4 is 5.91 Å². The molecule has 0 radical (unpaired) electrons. The molecule has 0 atom stereocenters. The minimum Gasteiger partial charge on any atom is -0.291 e. The first-order chi connectivity index (χ1) is 7.39. The average molecular weight is 224 g/mol. The lowest BCUT2D eigenvalue weighted by Crippen LogP contribution is -2.45. The van der Waals surface area contributed by atoms with Crippen LogP contribution in [0.25, 0.3) is 0 Å². The number of hydrazine groups is 1. The topological polar surface area (TPSA) is 41.1 Å². The van der Waals surface area contributed by atoms with E-state index in [1.54, 1.807) is 40.0 Å². The Hall–Kier alpha value is -1.42. The summed E-state index contributed by atoms with van der Waals surface area (Å²) in [7, 11) is 1.63. The Morgan fingerprint density at radius 2 is 2.00 bits per heavy atom. The molecule has 88 valence electrons. The molecule has 0 fully saturated rings. The first-order valence-electron chi connectivity index (χ1n) is 5.13. The van der Waals surface area contributed by atoms with Crippen LogP contribution in [0, 0.1) is 12.7 Å². The number of benzene rings is 1. The van der Waals surface area contributed by atoms with Crippen molar-refractivity contribution in [3.8, 4) is 0 Å². The number of hydrogen-bond acceptors (Lipinski definition) is 2. The van der Waals surface area contributed by atoms with Crippen LogP contribution >= 0.6 is 0 Å². The molecule has 3 nitrogen and oxygen atoms in total. The summed E-state index contributed by atoms with van der Waals surface area (Å²) in [5.41, 5.74) is 5.77. The zero-order chi connectivity index (χ0) is 12.3. The van der Waals surface area contributed by atoms with Gasteiger partial charge in [0.2, 0.25) is 5.91 Å². The van der Waals surface area contributed by atoms with E-state index in [1.807, 2.05) is 0 Å². The van der Waals surface area contributed by atoms with E-state index >= 15 is 0 Å². The first-order valence-corrected chi connectivity index (χ1v) is 5.13.